The lowest BCUT2D eigenvalue weighted by Gasteiger charge is -2.23. The molecule has 2 aromatic heterocycles. The fourth-order valence-electron chi connectivity index (χ4n) is 4.03. The average molecular weight is 323 g/mol. The predicted molar refractivity (Wildman–Crippen MR) is 94.9 cm³/mol. The average Bonchev–Trinajstić information content (AvgIpc) is 3.32. The molecule has 0 saturated heterocycles. The van der Waals surface area contributed by atoms with Crippen molar-refractivity contribution in [1.29, 1.82) is 0 Å². The number of nitrogens with zero attached hydrogens (tertiary/aromatic N) is 3. The molecular formula is C20H25N3O. The van der Waals surface area contributed by atoms with Crippen LogP contribution in [0.2, 0.25) is 0 Å². The number of aromatic nitrogens is 3. The van der Waals surface area contributed by atoms with E-state index in [2.05, 4.69) is 20.8 Å². The van der Waals surface area contributed by atoms with Gasteiger partial charge in [0.2, 0.25) is 0 Å². The molecule has 0 aromatic carbocycles. The lowest BCUT2D eigenvalue weighted by molar-refractivity contribution is 0.343. The summed E-state index contributed by atoms with van der Waals surface area (Å²) in [5.74, 6) is 0.847. The first-order valence-electron chi connectivity index (χ1n) is 9.19. The van der Waals surface area contributed by atoms with Crippen molar-refractivity contribution in [2.45, 2.75) is 57.4 Å². The number of rotatable bonds is 5. The summed E-state index contributed by atoms with van der Waals surface area (Å²) in [6.07, 6.45) is 15.5. The lowest BCUT2D eigenvalue weighted by Crippen LogP contribution is -2.14. The van der Waals surface area contributed by atoms with Crippen molar-refractivity contribution >= 4 is 5.57 Å². The molecule has 4 rings (SSSR count). The Morgan fingerprint density at radius 1 is 1.04 bits per heavy atom. The summed E-state index contributed by atoms with van der Waals surface area (Å²) in [6.45, 7) is 0.664. The summed E-state index contributed by atoms with van der Waals surface area (Å²) in [4.78, 5) is 4.13. The molecule has 2 heterocycles. The van der Waals surface area contributed by atoms with Crippen LogP contribution in [0.15, 0.2) is 42.4 Å². The Morgan fingerprint density at radius 2 is 1.92 bits per heavy atom. The van der Waals surface area contributed by atoms with Crippen molar-refractivity contribution < 1.29 is 4.74 Å². The number of ether oxygens (including phenoxy) is 1. The molecule has 0 N–H and O–H groups in total. The van der Waals surface area contributed by atoms with E-state index in [1.54, 1.807) is 12.4 Å². The summed E-state index contributed by atoms with van der Waals surface area (Å²) < 4.78 is 8.28. The quantitative estimate of drug-likeness (QED) is 0.793. The van der Waals surface area contributed by atoms with Crippen LogP contribution in [0, 0.1) is 0 Å². The second kappa shape index (κ2) is 7.20. The Labute approximate surface area is 143 Å². The summed E-state index contributed by atoms with van der Waals surface area (Å²) >= 11 is 0. The highest BCUT2D eigenvalue weighted by Crippen LogP contribution is 2.36. The fourth-order valence-corrected chi connectivity index (χ4v) is 4.03. The molecule has 4 nitrogen and oxygen atoms in total. The molecule has 0 radical (unpaired) electrons. The van der Waals surface area contributed by atoms with Crippen molar-refractivity contribution in [2.75, 3.05) is 6.61 Å². The second-order valence-corrected chi connectivity index (χ2v) is 6.87. The van der Waals surface area contributed by atoms with Gasteiger partial charge in [0.15, 0.2) is 0 Å². The number of hydrogen-bond acceptors (Lipinski definition) is 3. The van der Waals surface area contributed by atoms with Gasteiger partial charge in [0.1, 0.15) is 12.4 Å². The molecule has 1 fully saturated rings. The van der Waals surface area contributed by atoms with Crippen molar-refractivity contribution in [3.63, 3.8) is 0 Å². The first-order valence-corrected chi connectivity index (χ1v) is 9.19. The van der Waals surface area contributed by atoms with Crippen LogP contribution in [0.25, 0.3) is 5.57 Å². The summed E-state index contributed by atoms with van der Waals surface area (Å²) in [7, 11) is 0. The van der Waals surface area contributed by atoms with E-state index in [1.807, 2.05) is 18.3 Å². The van der Waals surface area contributed by atoms with Crippen LogP contribution in [0.1, 0.15) is 63.1 Å². The third-order valence-corrected chi connectivity index (χ3v) is 5.28. The van der Waals surface area contributed by atoms with Gasteiger partial charge >= 0.3 is 0 Å². The molecule has 0 bridgehead atoms. The normalized spacial score (nSPS) is 19.0. The molecule has 0 spiro atoms. The van der Waals surface area contributed by atoms with E-state index < -0.39 is 0 Å². The van der Waals surface area contributed by atoms with Gasteiger partial charge < -0.3 is 4.74 Å². The molecule has 1 saturated carbocycles. The van der Waals surface area contributed by atoms with E-state index in [4.69, 9.17) is 4.74 Å². The summed E-state index contributed by atoms with van der Waals surface area (Å²) in [5, 5.41) is 4.66. The van der Waals surface area contributed by atoms with Gasteiger partial charge in [-0.15, -0.1) is 0 Å². The molecule has 24 heavy (non-hydrogen) atoms. The van der Waals surface area contributed by atoms with Crippen LogP contribution in [0.5, 0.6) is 5.75 Å². The zero-order chi connectivity index (χ0) is 16.2. The van der Waals surface area contributed by atoms with E-state index in [0.29, 0.717) is 12.6 Å². The Kier molecular flexibility index (Phi) is 4.63. The first-order chi connectivity index (χ1) is 11.9. The smallest absolute Gasteiger partial charge is 0.138 e. The van der Waals surface area contributed by atoms with Crippen LogP contribution in [-0.2, 0) is 0 Å². The van der Waals surface area contributed by atoms with Crippen LogP contribution < -0.4 is 4.74 Å². The number of allylic oxidation sites excluding steroid dienone is 1. The molecule has 126 valence electrons. The minimum atomic E-state index is 0.588. The van der Waals surface area contributed by atoms with E-state index in [0.717, 1.165) is 18.6 Å². The lowest BCUT2D eigenvalue weighted by atomic mass is 9.90. The molecule has 0 unspecified atom stereocenters. The minimum Gasteiger partial charge on any atom is -0.488 e. The first kappa shape index (κ1) is 15.4. The molecule has 0 atom stereocenters. The Hall–Kier alpha value is -2.10. The van der Waals surface area contributed by atoms with Crippen LogP contribution in [0.3, 0.4) is 0 Å². The van der Waals surface area contributed by atoms with Crippen molar-refractivity contribution in [2.24, 2.45) is 0 Å². The third kappa shape index (κ3) is 3.23. The molecule has 4 heteroatoms. The molecule has 2 aliphatic rings. The van der Waals surface area contributed by atoms with Gasteiger partial charge in [-0.05, 0) is 67.9 Å². The molecule has 0 aliphatic heterocycles. The van der Waals surface area contributed by atoms with Crippen LogP contribution in [-0.4, -0.2) is 21.4 Å². The predicted octanol–water partition coefficient (Wildman–Crippen LogP) is 4.80. The van der Waals surface area contributed by atoms with Gasteiger partial charge in [-0.3, -0.25) is 9.67 Å². The van der Waals surface area contributed by atoms with E-state index in [1.165, 1.54) is 55.4 Å². The molecule has 0 amide bonds. The van der Waals surface area contributed by atoms with Gasteiger partial charge in [-0.25, -0.2) is 0 Å². The summed E-state index contributed by atoms with van der Waals surface area (Å²) in [5.41, 5.74) is 4.23. The van der Waals surface area contributed by atoms with Crippen LogP contribution in [0.4, 0.5) is 0 Å². The maximum atomic E-state index is 5.99. The number of pyridine rings is 1. The molecular weight excluding hydrogens is 298 g/mol. The Balaban J connectivity index is 1.58. The standard InChI is InChI=1S/C20H25N3O/c1-4-10-19(16(6-1)15-24-18-9-5-12-21-14-18)20-11-13-22-23(20)17-7-2-3-8-17/h5,9,11-14,17H,1-4,6-8,10,15H2. The highest BCUT2D eigenvalue weighted by molar-refractivity contribution is 5.67. The largest absolute Gasteiger partial charge is 0.488 e. The fraction of sp³-hybridized carbons (Fsp3) is 0.500. The van der Waals surface area contributed by atoms with Gasteiger partial charge in [0, 0.05) is 12.4 Å². The van der Waals surface area contributed by atoms with Crippen LogP contribution >= 0.6 is 0 Å². The van der Waals surface area contributed by atoms with Crippen molar-refractivity contribution in [3.05, 3.63) is 48.1 Å². The highest BCUT2D eigenvalue weighted by Gasteiger charge is 2.23. The van der Waals surface area contributed by atoms with E-state index >= 15 is 0 Å². The zero-order valence-corrected chi connectivity index (χ0v) is 14.2. The zero-order valence-electron chi connectivity index (χ0n) is 14.2. The molecule has 2 aliphatic carbocycles. The highest BCUT2D eigenvalue weighted by atomic mass is 16.5. The summed E-state index contributed by atoms with van der Waals surface area (Å²) in [6, 6.07) is 6.67. The van der Waals surface area contributed by atoms with Gasteiger partial charge in [0.05, 0.1) is 17.9 Å². The van der Waals surface area contributed by atoms with Crippen molar-refractivity contribution in [3.8, 4) is 5.75 Å². The third-order valence-electron chi connectivity index (χ3n) is 5.28. The minimum absolute atomic E-state index is 0.588. The monoisotopic (exact) mass is 323 g/mol. The second-order valence-electron chi connectivity index (χ2n) is 6.87. The van der Waals surface area contributed by atoms with Gasteiger partial charge in [-0.2, -0.15) is 5.10 Å². The van der Waals surface area contributed by atoms with E-state index in [9.17, 15) is 0 Å². The topological polar surface area (TPSA) is 39.9 Å². The van der Waals surface area contributed by atoms with Gasteiger partial charge in [-0.1, -0.05) is 12.8 Å². The maximum absolute atomic E-state index is 5.99. The van der Waals surface area contributed by atoms with E-state index in [-0.39, 0.29) is 0 Å². The van der Waals surface area contributed by atoms with Gasteiger partial charge in [0.25, 0.3) is 0 Å². The number of hydrogen-bond donors (Lipinski definition) is 0. The SMILES string of the molecule is c1cncc(OCC2=C(c3ccnn3C3CCCC3)CCCC2)c1. The Bertz CT molecular complexity index is 699. The van der Waals surface area contributed by atoms with Crippen molar-refractivity contribution in [1.82, 2.24) is 14.8 Å². The Morgan fingerprint density at radius 3 is 2.75 bits per heavy atom. The maximum Gasteiger partial charge on any atom is 0.138 e. The molecule has 2 aromatic rings.